The van der Waals surface area contributed by atoms with E-state index in [1.165, 1.54) is 6.42 Å². The van der Waals surface area contributed by atoms with Crippen molar-refractivity contribution >= 4 is 0 Å². The van der Waals surface area contributed by atoms with Crippen LogP contribution in [0.2, 0.25) is 0 Å². The van der Waals surface area contributed by atoms with Crippen molar-refractivity contribution in [2.24, 2.45) is 40.9 Å². The van der Waals surface area contributed by atoms with Gasteiger partial charge in [-0.05, 0) is 47.3 Å². The third-order valence-electron chi connectivity index (χ3n) is 5.94. The van der Waals surface area contributed by atoms with Crippen LogP contribution < -0.4 is 0 Å². The first-order valence-electron chi connectivity index (χ1n) is 7.16. The molecule has 0 aliphatic heterocycles. The van der Waals surface area contributed by atoms with Gasteiger partial charge in [-0.2, -0.15) is 0 Å². The zero-order valence-corrected chi connectivity index (χ0v) is 12.7. The summed E-state index contributed by atoms with van der Waals surface area (Å²) in [5.41, 5.74) is 0.467. The Labute approximate surface area is 103 Å². The molecule has 0 aromatic carbocycles. The quantitative estimate of drug-likeness (QED) is 0.602. The molecule has 16 heavy (non-hydrogen) atoms. The van der Waals surface area contributed by atoms with Gasteiger partial charge in [0.15, 0.2) is 0 Å². The second kappa shape index (κ2) is 4.70. The highest BCUT2D eigenvalue weighted by Gasteiger charge is 2.42. The van der Waals surface area contributed by atoms with Crippen molar-refractivity contribution in [1.29, 1.82) is 0 Å². The van der Waals surface area contributed by atoms with Crippen molar-refractivity contribution in [1.82, 2.24) is 0 Å². The Hall–Kier alpha value is 0. The van der Waals surface area contributed by atoms with Crippen LogP contribution in [0, 0.1) is 40.9 Å². The fraction of sp³-hybridized carbons (Fsp3) is 1.00. The topological polar surface area (TPSA) is 0 Å². The molecule has 0 aromatic heterocycles. The lowest BCUT2D eigenvalue weighted by Crippen LogP contribution is -2.24. The van der Waals surface area contributed by atoms with Gasteiger partial charge in [-0.25, -0.2) is 0 Å². The van der Waals surface area contributed by atoms with Gasteiger partial charge in [-0.3, -0.25) is 0 Å². The van der Waals surface area contributed by atoms with Crippen LogP contribution in [0.1, 0.15) is 61.8 Å². The number of rotatable bonds is 2. The van der Waals surface area contributed by atoms with Crippen LogP contribution in [-0.4, -0.2) is 0 Å². The predicted molar refractivity (Wildman–Crippen MR) is 73.4 cm³/mol. The summed E-state index contributed by atoms with van der Waals surface area (Å²) < 4.78 is 0. The summed E-state index contributed by atoms with van der Waals surface area (Å²) in [5.74, 6) is 5.42. The van der Waals surface area contributed by atoms with Crippen LogP contribution in [-0.2, 0) is 0 Å². The summed E-state index contributed by atoms with van der Waals surface area (Å²) in [5, 5.41) is 0. The first-order chi connectivity index (χ1) is 7.16. The summed E-state index contributed by atoms with van der Waals surface area (Å²) in [6.07, 6.45) is 1.42. The van der Waals surface area contributed by atoms with Crippen LogP contribution in [0.25, 0.3) is 0 Å². The molecular weight excluding hydrogens is 192 g/mol. The summed E-state index contributed by atoms with van der Waals surface area (Å²) >= 11 is 0. The van der Waals surface area contributed by atoms with Gasteiger partial charge in [0.25, 0.3) is 0 Å². The molecule has 0 N–H and O–H groups in total. The Morgan fingerprint density at radius 2 is 1.19 bits per heavy atom. The molecular formula is C16H32. The molecule has 0 saturated heterocycles. The summed E-state index contributed by atoms with van der Waals surface area (Å²) in [7, 11) is 0. The minimum Gasteiger partial charge on any atom is -0.0620 e. The van der Waals surface area contributed by atoms with E-state index in [1.807, 2.05) is 0 Å². The van der Waals surface area contributed by atoms with E-state index in [1.54, 1.807) is 0 Å². The normalized spacial score (nSPS) is 42.4. The van der Waals surface area contributed by atoms with Crippen molar-refractivity contribution in [2.75, 3.05) is 0 Å². The molecule has 0 spiro atoms. The maximum atomic E-state index is 2.48. The first-order valence-corrected chi connectivity index (χ1v) is 7.16. The van der Waals surface area contributed by atoms with Crippen LogP contribution in [0.4, 0.5) is 0 Å². The molecule has 1 aliphatic rings. The summed E-state index contributed by atoms with van der Waals surface area (Å²) in [6, 6.07) is 0. The Morgan fingerprint density at radius 1 is 0.812 bits per heavy atom. The average Bonchev–Trinajstić information content (AvgIpc) is 2.34. The highest BCUT2D eigenvalue weighted by molar-refractivity contribution is 4.91. The second-order valence-corrected chi connectivity index (χ2v) is 7.60. The predicted octanol–water partition coefficient (Wildman–Crippen LogP) is 5.23. The third-order valence-corrected chi connectivity index (χ3v) is 5.94. The summed E-state index contributed by atoms with van der Waals surface area (Å²) in [6.45, 7) is 19.4. The SMILES string of the molecule is CC1C(C)C(C)C(CC(C)C(C)(C)C)C1C. The lowest BCUT2D eigenvalue weighted by molar-refractivity contribution is 0.172. The molecule has 0 radical (unpaired) electrons. The molecule has 1 saturated carbocycles. The van der Waals surface area contributed by atoms with Crippen LogP contribution in [0.5, 0.6) is 0 Å². The van der Waals surface area contributed by atoms with E-state index in [2.05, 4.69) is 55.4 Å². The second-order valence-electron chi connectivity index (χ2n) is 7.60. The van der Waals surface area contributed by atoms with E-state index < -0.39 is 0 Å². The van der Waals surface area contributed by atoms with Crippen molar-refractivity contribution in [3.05, 3.63) is 0 Å². The van der Waals surface area contributed by atoms with Gasteiger partial charge in [0.1, 0.15) is 0 Å². The zero-order valence-electron chi connectivity index (χ0n) is 12.7. The van der Waals surface area contributed by atoms with Gasteiger partial charge in [-0.1, -0.05) is 55.4 Å². The molecule has 1 fully saturated rings. The molecule has 5 unspecified atom stereocenters. The minimum atomic E-state index is 0.467. The third kappa shape index (κ3) is 2.63. The van der Waals surface area contributed by atoms with Gasteiger partial charge in [0, 0.05) is 0 Å². The van der Waals surface area contributed by atoms with Gasteiger partial charge >= 0.3 is 0 Å². The zero-order chi connectivity index (χ0) is 12.7. The van der Waals surface area contributed by atoms with E-state index in [4.69, 9.17) is 0 Å². The lowest BCUT2D eigenvalue weighted by Gasteiger charge is -2.33. The van der Waals surface area contributed by atoms with Gasteiger partial charge < -0.3 is 0 Å². The van der Waals surface area contributed by atoms with Gasteiger partial charge in [-0.15, -0.1) is 0 Å². The average molecular weight is 224 g/mol. The smallest absolute Gasteiger partial charge is 0.0355 e. The van der Waals surface area contributed by atoms with Gasteiger partial charge in [0.2, 0.25) is 0 Å². The van der Waals surface area contributed by atoms with Crippen molar-refractivity contribution in [3.8, 4) is 0 Å². The van der Waals surface area contributed by atoms with Gasteiger partial charge in [0.05, 0.1) is 0 Å². The van der Waals surface area contributed by atoms with Crippen molar-refractivity contribution in [2.45, 2.75) is 61.8 Å². The largest absolute Gasteiger partial charge is 0.0620 e. The Kier molecular flexibility index (Phi) is 4.13. The van der Waals surface area contributed by atoms with E-state index in [9.17, 15) is 0 Å². The molecule has 96 valence electrons. The molecule has 1 aliphatic carbocycles. The van der Waals surface area contributed by atoms with Crippen LogP contribution in [0.15, 0.2) is 0 Å². The van der Waals surface area contributed by atoms with E-state index in [0.29, 0.717) is 5.41 Å². The molecule has 0 nitrogen and oxygen atoms in total. The van der Waals surface area contributed by atoms with Crippen LogP contribution >= 0.6 is 0 Å². The standard InChI is InChI=1S/C16H32/c1-10(16(6,7)8)9-15-13(4)11(2)12(3)14(15)5/h10-15H,9H2,1-8H3. The Morgan fingerprint density at radius 3 is 1.50 bits per heavy atom. The maximum absolute atomic E-state index is 2.48. The monoisotopic (exact) mass is 224 g/mol. The van der Waals surface area contributed by atoms with Crippen molar-refractivity contribution in [3.63, 3.8) is 0 Å². The fourth-order valence-corrected chi connectivity index (χ4v) is 3.41. The molecule has 0 heteroatoms. The van der Waals surface area contributed by atoms with E-state index in [-0.39, 0.29) is 0 Å². The maximum Gasteiger partial charge on any atom is -0.0355 e. The number of hydrogen-bond donors (Lipinski definition) is 0. The molecule has 0 amide bonds. The Balaban J connectivity index is 2.68. The number of hydrogen-bond acceptors (Lipinski definition) is 0. The first kappa shape index (κ1) is 14.1. The highest BCUT2D eigenvalue weighted by Crippen LogP contribution is 2.49. The lowest BCUT2D eigenvalue weighted by atomic mass is 9.73. The molecule has 0 bridgehead atoms. The van der Waals surface area contributed by atoms with Crippen LogP contribution in [0.3, 0.4) is 0 Å². The fourth-order valence-electron chi connectivity index (χ4n) is 3.41. The molecule has 0 heterocycles. The minimum absolute atomic E-state index is 0.467. The van der Waals surface area contributed by atoms with E-state index in [0.717, 1.165) is 35.5 Å². The highest BCUT2D eigenvalue weighted by atomic mass is 14.5. The van der Waals surface area contributed by atoms with E-state index >= 15 is 0 Å². The molecule has 5 atom stereocenters. The molecule has 0 aromatic rings. The van der Waals surface area contributed by atoms with Crippen molar-refractivity contribution < 1.29 is 0 Å². The molecule has 1 rings (SSSR count). The summed E-state index contributed by atoms with van der Waals surface area (Å²) in [4.78, 5) is 0. The Bertz CT molecular complexity index is 209.